The maximum atomic E-state index is 11.8. The zero-order valence-corrected chi connectivity index (χ0v) is 9.95. The van der Waals surface area contributed by atoms with Gasteiger partial charge in [-0.3, -0.25) is 0 Å². The molecule has 18 heavy (non-hydrogen) atoms. The minimum absolute atomic E-state index is 0.622. The van der Waals surface area contributed by atoms with Gasteiger partial charge in [0.15, 0.2) is 6.08 Å². The number of hydrogen-bond acceptors (Lipinski definition) is 6. The van der Waals surface area contributed by atoms with Crippen molar-refractivity contribution in [2.75, 3.05) is 19.8 Å². The first-order chi connectivity index (χ1) is 7.97. The van der Waals surface area contributed by atoms with E-state index in [9.17, 15) is 26.7 Å². The molecular weight excluding hydrogens is 283 g/mol. The number of ether oxygens (including phenoxy) is 1. The van der Waals surface area contributed by atoms with Gasteiger partial charge in [0.1, 0.15) is 0 Å². The highest BCUT2D eigenvalue weighted by molar-refractivity contribution is 7.91. The monoisotopic (exact) mass is 294 g/mol. The zero-order valence-electron chi connectivity index (χ0n) is 9.14. The lowest BCUT2D eigenvalue weighted by Gasteiger charge is -2.28. The maximum Gasteiger partial charge on any atom is 0.518 e. The lowest BCUT2D eigenvalue weighted by molar-refractivity contribution is -0.253. The van der Waals surface area contributed by atoms with E-state index in [0.29, 0.717) is 0 Å². The average Bonchev–Trinajstić information content (AvgIpc) is 2.24. The Morgan fingerprint density at radius 2 is 1.78 bits per heavy atom. The van der Waals surface area contributed by atoms with Gasteiger partial charge in [-0.2, -0.15) is 21.6 Å². The van der Waals surface area contributed by atoms with Crippen LogP contribution in [0.4, 0.5) is 13.2 Å². The van der Waals surface area contributed by atoms with Gasteiger partial charge < -0.3 is 20.1 Å². The van der Waals surface area contributed by atoms with Crippen LogP contribution in [0.25, 0.3) is 0 Å². The minimum Gasteiger partial charge on any atom is -0.599 e. The molecule has 11 heteroatoms. The summed E-state index contributed by atoms with van der Waals surface area (Å²) in [6.07, 6.45) is -1.97. The van der Waals surface area contributed by atoms with E-state index in [1.54, 1.807) is 0 Å². The third-order valence-corrected chi connectivity index (χ3v) is 2.77. The highest BCUT2D eigenvalue weighted by Crippen LogP contribution is 2.24. The number of rotatable bonds is 5. The topological polar surface area (TPSA) is 119 Å². The van der Waals surface area contributed by atoms with Crippen LogP contribution in [0.15, 0.2) is 4.40 Å². The number of alkyl halides is 3. The molecule has 0 fully saturated rings. The second-order valence-electron chi connectivity index (χ2n) is 3.69. The van der Waals surface area contributed by atoms with Gasteiger partial charge in [0.2, 0.25) is 0 Å². The van der Waals surface area contributed by atoms with Gasteiger partial charge in [0.05, 0.1) is 13.2 Å². The van der Waals surface area contributed by atoms with E-state index >= 15 is 0 Å². The number of aliphatic hydroxyl groups is 2. The number of sulfonamides is 1. The fourth-order valence-corrected chi connectivity index (χ4v) is 0.906. The van der Waals surface area contributed by atoms with E-state index in [0.717, 1.165) is 0 Å². The smallest absolute Gasteiger partial charge is 0.518 e. The largest absolute Gasteiger partial charge is 0.599 e. The summed E-state index contributed by atoms with van der Waals surface area (Å²) in [5.41, 5.74) is -6.99. The van der Waals surface area contributed by atoms with Crippen LogP contribution in [0.3, 0.4) is 0 Å². The van der Waals surface area contributed by atoms with Crippen LogP contribution >= 0.6 is 0 Å². The Labute approximate surface area is 101 Å². The molecule has 0 atom stereocenters. The van der Waals surface area contributed by atoms with Gasteiger partial charge in [-0.1, -0.05) is 6.92 Å². The van der Waals surface area contributed by atoms with Gasteiger partial charge in [0.25, 0.3) is 0 Å². The van der Waals surface area contributed by atoms with Crippen molar-refractivity contribution in [2.24, 2.45) is 9.81 Å². The molecule has 0 unspecified atom stereocenters. The summed E-state index contributed by atoms with van der Waals surface area (Å²) >= 11 is 0. The Kier molecular flexibility index (Phi) is 5.37. The molecule has 0 amide bonds. The van der Waals surface area contributed by atoms with E-state index in [1.165, 1.54) is 6.92 Å². The van der Waals surface area contributed by atoms with Gasteiger partial charge in [-0.05, 0) is 0 Å². The van der Waals surface area contributed by atoms with E-state index in [1.807, 2.05) is 4.40 Å². The number of halogens is 3. The maximum absolute atomic E-state index is 11.8. The van der Waals surface area contributed by atoms with Gasteiger partial charge in [-0.15, -0.1) is 4.40 Å². The Bertz CT molecular complexity index is 400. The Balaban J connectivity index is 4.76. The second kappa shape index (κ2) is 5.71. The lowest BCUT2D eigenvalue weighted by Crippen LogP contribution is -2.36. The molecule has 0 bridgehead atoms. The van der Waals surface area contributed by atoms with Crippen LogP contribution in [-0.4, -0.2) is 50.0 Å². The third kappa shape index (κ3) is 4.66. The summed E-state index contributed by atoms with van der Waals surface area (Å²) in [6, 6.07) is 0. The van der Waals surface area contributed by atoms with Gasteiger partial charge in [-0.25, -0.2) is 0 Å². The number of aliphatic hydroxyl groups excluding tert-OH is 2. The SMILES string of the molecule is CC(CO)(CO)CO/C([O-])=N/S(=O)(=O)C(F)(F)F. The predicted molar refractivity (Wildman–Crippen MR) is 50.6 cm³/mol. The van der Waals surface area contributed by atoms with Crippen LogP contribution in [-0.2, 0) is 14.8 Å². The summed E-state index contributed by atoms with van der Waals surface area (Å²) in [5.74, 6) is 0. The molecule has 7 nitrogen and oxygen atoms in total. The molecule has 0 saturated heterocycles. The van der Waals surface area contributed by atoms with Crippen molar-refractivity contribution in [3.63, 3.8) is 0 Å². The Morgan fingerprint density at radius 1 is 1.33 bits per heavy atom. The lowest BCUT2D eigenvalue weighted by atomic mass is 9.95. The van der Waals surface area contributed by atoms with Crippen molar-refractivity contribution >= 4 is 16.1 Å². The van der Waals surface area contributed by atoms with Crippen LogP contribution in [0.1, 0.15) is 6.92 Å². The Hall–Kier alpha value is -1.07. The number of nitrogens with zero attached hydrogens (tertiary/aromatic N) is 1. The highest BCUT2D eigenvalue weighted by Gasteiger charge is 2.46. The number of hydrogen-bond donors (Lipinski definition) is 2. The summed E-state index contributed by atoms with van der Waals surface area (Å²) < 4.78 is 62.4. The van der Waals surface area contributed by atoms with Crippen molar-refractivity contribution < 1.29 is 41.6 Å². The zero-order chi connectivity index (χ0) is 14.6. The fourth-order valence-electron chi connectivity index (χ4n) is 0.553. The molecule has 0 heterocycles. The van der Waals surface area contributed by atoms with Gasteiger partial charge in [0, 0.05) is 12.0 Å². The minimum atomic E-state index is -5.95. The van der Waals surface area contributed by atoms with Crippen LogP contribution in [0, 0.1) is 5.41 Å². The molecule has 0 aliphatic carbocycles. The van der Waals surface area contributed by atoms with Crippen molar-refractivity contribution in [1.29, 1.82) is 0 Å². The molecule has 0 aliphatic heterocycles. The van der Waals surface area contributed by atoms with Crippen molar-refractivity contribution in [1.82, 2.24) is 0 Å². The molecule has 0 radical (unpaired) electrons. The summed E-state index contributed by atoms with van der Waals surface area (Å²) in [5, 5.41) is 28.3. The van der Waals surface area contributed by atoms with Crippen LogP contribution in [0.2, 0.25) is 0 Å². The molecule has 0 rings (SSSR count). The Morgan fingerprint density at radius 3 is 2.11 bits per heavy atom. The first-order valence-corrected chi connectivity index (χ1v) is 5.84. The fraction of sp³-hybridized carbons (Fsp3) is 0.857. The first-order valence-electron chi connectivity index (χ1n) is 4.40. The molecule has 108 valence electrons. The molecule has 2 N–H and O–H groups in total. The van der Waals surface area contributed by atoms with Crippen molar-refractivity contribution in [3.05, 3.63) is 0 Å². The van der Waals surface area contributed by atoms with Crippen molar-refractivity contribution in [3.8, 4) is 0 Å². The van der Waals surface area contributed by atoms with Crippen LogP contribution in [0.5, 0.6) is 0 Å². The molecule has 0 aliphatic rings. The van der Waals surface area contributed by atoms with E-state index in [4.69, 9.17) is 10.2 Å². The van der Waals surface area contributed by atoms with Crippen molar-refractivity contribution in [2.45, 2.75) is 12.4 Å². The standard InChI is InChI=1S/C7H12F3NO6S/c1-6(2-12,3-13)4-17-5(14)11-18(15,16)7(8,9)10/h12-13H,2-4H2,1H3,(H,11,14)/p-1. The quantitative estimate of drug-likeness (QED) is 0.473. The molecule has 0 spiro atoms. The molecule has 0 saturated carbocycles. The highest BCUT2D eigenvalue weighted by atomic mass is 32.2. The molecule has 0 aromatic heterocycles. The normalized spacial score (nSPS) is 14.7. The molecule has 0 aromatic carbocycles. The summed E-state index contributed by atoms with van der Waals surface area (Å²) in [7, 11) is -5.95. The van der Waals surface area contributed by atoms with Gasteiger partial charge >= 0.3 is 15.5 Å². The third-order valence-electron chi connectivity index (χ3n) is 1.79. The predicted octanol–water partition coefficient (Wildman–Crippen LogP) is -1.44. The molecular formula is C7H11F3NO6S-. The van der Waals surface area contributed by atoms with Crippen LogP contribution < -0.4 is 5.11 Å². The second-order valence-corrected chi connectivity index (χ2v) is 5.29. The average molecular weight is 294 g/mol. The molecule has 0 aromatic rings. The first kappa shape index (κ1) is 16.9. The summed E-state index contributed by atoms with van der Waals surface area (Å²) in [6.45, 7) is -0.667. The van der Waals surface area contributed by atoms with E-state index in [2.05, 4.69) is 4.74 Å². The van der Waals surface area contributed by atoms with E-state index in [-0.39, 0.29) is 0 Å². The van der Waals surface area contributed by atoms with E-state index < -0.39 is 46.9 Å². The summed E-state index contributed by atoms with van der Waals surface area (Å²) in [4.78, 5) is 0.